The van der Waals surface area contributed by atoms with E-state index in [1.807, 2.05) is 0 Å². The van der Waals surface area contributed by atoms with Crippen LogP contribution in [-0.2, 0) is 9.59 Å². The van der Waals surface area contributed by atoms with Crippen LogP contribution in [-0.4, -0.2) is 68.7 Å². The van der Waals surface area contributed by atoms with Gasteiger partial charge >= 0.3 is 5.97 Å². The molecule has 0 saturated carbocycles. The number of quaternary nitrogens is 1. The van der Waals surface area contributed by atoms with E-state index in [9.17, 15) is 5.11 Å². The van der Waals surface area contributed by atoms with Gasteiger partial charge in [0.05, 0.1) is 27.3 Å². The molecule has 0 aromatic heterocycles. The Morgan fingerprint density at radius 2 is 1.56 bits per heavy atom. The predicted molar refractivity (Wildman–Crippen MR) is 93.1 cm³/mol. The number of carbonyl (C=O) groups is 2. The molecule has 0 bridgehead atoms. The van der Waals surface area contributed by atoms with Crippen LogP contribution in [0.2, 0.25) is 0 Å². The second-order valence-corrected chi connectivity index (χ2v) is 6.12. The van der Waals surface area contributed by atoms with Crippen LogP contribution in [0.25, 0.3) is 0 Å². The highest BCUT2D eigenvalue weighted by Gasteiger charge is 2.18. The molecule has 1 aromatic carbocycles. The fourth-order valence-electron chi connectivity index (χ4n) is 2.71. The molecule has 1 atom stereocenters. The number of nitrogens with one attached hydrogen (secondary N) is 1. The molecule has 1 aliphatic rings. The van der Waals surface area contributed by atoms with Gasteiger partial charge in [-0.25, -0.2) is 4.79 Å². The maximum absolute atomic E-state index is 10.1. The molecule has 1 aromatic rings. The van der Waals surface area contributed by atoms with Gasteiger partial charge in [-0.2, -0.15) is 0 Å². The van der Waals surface area contributed by atoms with Crippen LogP contribution in [0.1, 0.15) is 19.3 Å². The van der Waals surface area contributed by atoms with E-state index in [1.54, 1.807) is 32.4 Å². The van der Waals surface area contributed by atoms with Gasteiger partial charge in [0.2, 0.25) is 0 Å². The number of aliphatic hydroxyl groups excluding tert-OH is 1. The maximum Gasteiger partial charge on any atom is 0.351 e. The van der Waals surface area contributed by atoms with Crippen molar-refractivity contribution >= 4 is 11.9 Å². The molecule has 0 spiro atoms. The molecule has 9 heteroatoms. The molecule has 2 rings (SSSR count). The number of aliphatic carboxylic acids is 2. The van der Waals surface area contributed by atoms with Crippen molar-refractivity contribution in [3.8, 4) is 17.2 Å². The van der Waals surface area contributed by atoms with E-state index in [0.717, 1.165) is 19.6 Å². The van der Waals surface area contributed by atoms with Crippen LogP contribution in [0, 0.1) is 0 Å². The number of piperidine rings is 1. The molecular weight excluding hydrogens is 358 g/mol. The van der Waals surface area contributed by atoms with Crippen LogP contribution in [0.15, 0.2) is 18.2 Å². The van der Waals surface area contributed by atoms with E-state index in [-0.39, 0.29) is 0 Å². The number of likely N-dealkylation sites (tertiary alicyclic amines) is 1. The summed E-state index contributed by atoms with van der Waals surface area (Å²) in [5.74, 6) is -2.00. The number of carboxylic acids is 2. The summed E-state index contributed by atoms with van der Waals surface area (Å²) in [6.45, 7) is 3.36. The Kier molecular flexibility index (Phi) is 9.99. The van der Waals surface area contributed by atoms with Crippen LogP contribution in [0.3, 0.4) is 0 Å². The van der Waals surface area contributed by atoms with Crippen molar-refractivity contribution in [3.05, 3.63) is 18.2 Å². The lowest BCUT2D eigenvalue weighted by atomic mass is 10.1. The van der Waals surface area contributed by atoms with Crippen LogP contribution in [0.4, 0.5) is 0 Å². The second kappa shape index (κ2) is 12.0. The highest BCUT2D eigenvalue weighted by atomic mass is 16.5. The molecule has 1 unspecified atom stereocenters. The number of methoxy groups -OCH3 is 2. The van der Waals surface area contributed by atoms with Gasteiger partial charge in [-0.3, -0.25) is 0 Å². The zero-order valence-corrected chi connectivity index (χ0v) is 15.6. The van der Waals surface area contributed by atoms with Crippen molar-refractivity contribution in [2.24, 2.45) is 0 Å². The molecule has 9 nitrogen and oxygen atoms in total. The summed E-state index contributed by atoms with van der Waals surface area (Å²) in [5.41, 5.74) is 0. The summed E-state index contributed by atoms with van der Waals surface area (Å²) < 4.78 is 16.1. The van der Waals surface area contributed by atoms with E-state index in [2.05, 4.69) is 0 Å². The van der Waals surface area contributed by atoms with Gasteiger partial charge in [0, 0.05) is 18.2 Å². The number of rotatable bonds is 7. The lowest BCUT2D eigenvalue weighted by molar-refractivity contribution is -0.908. The standard InChI is InChI=1S/C16H25NO4.C2H2O4/c1-19-14-8-15(20-2)10-16(9-14)21-12-13(18)11-17-6-4-3-5-7-17;3-1(4)2(5)6/h8-10,13,18H,3-7,11-12H2,1-2H3;(H,3,4)(H,5,6). The summed E-state index contributed by atoms with van der Waals surface area (Å²) in [7, 11) is 3.21. The topological polar surface area (TPSA) is 130 Å². The third-order valence-electron chi connectivity index (χ3n) is 4.03. The lowest BCUT2D eigenvalue weighted by Crippen LogP contribution is -3.14. The zero-order chi connectivity index (χ0) is 20.2. The molecule has 1 heterocycles. The first-order valence-corrected chi connectivity index (χ1v) is 8.67. The molecule has 152 valence electrons. The fraction of sp³-hybridized carbons (Fsp3) is 0.556. The minimum Gasteiger partial charge on any atom is -0.539 e. The average molecular weight is 385 g/mol. The van der Waals surface area contributed by atoms with Gasteiger partial charge in [-0.1, -0.05) is 0 Å². The number of benzene rings is 1. The van der Waals surface area contributed by atoms with Crippen LogP contribution < -0.4 is 24.2 Å². The minimum atomic E-state index is -2.07. The molecule has 27 heavy (non-hydrogen) atoms. The Morgan fingerprint density at radius 3 is 2.00 bits per heavy atom. The van der Waals surface area contributed by atoms with Crippen molar-refractivity contribution < 1.29 is 44.0 Å². The molecule has 1 aliphatic heterocycles. The lowest BCUT2D eigenvalue weighted by Gasteiger charge is -2.25. The summed E-state index contributed by atoms with van der Waals surface area (Å²) in [4.78, 5) is 19.5. The molecular formula is C18H27NO8. The van der Waals surface area contributed by atoms with E-state index < -0.39 is 18.0 Å². The quantitative estimate of drug-likeness (QED) is 0.475. The highest BCUT2D eigenvalue weighted by molar-refractivity contribution is 6.26. The Hall–Kier alpha value is -2.52. The molecule has 0 amide bonds. The normalized spacial score (nSPS) is 15.1. The van der Waals surface area contributed by atoms with Gasteiger partial charge in [0.25, 0.3) is 0 Å². The predicted octanol–water partition coefficient (Wildman–Crippen LogP) is -1.67. The summed E-state index contributed by atoms with van der Waals surface area (Å²) >= 11 is 0. The average Bonchev–Trinajstić information content (AvgIpc) is 2.67. The first-order valence-electron chi connectivity index (χ1n) is 8.67. The van der Waals surface area contributed by atoms with Crippen LogP contribution in [0.5, 0.6) is 17.2 Å². The van der Waals surface area contributed by atoms with Crippen molar-refractivity contribution in [1.29, 1.82) is 0 Å². The number of carboxylic acid groups (broad SMARTS) is 2. The SMILES string of the molecule is COc1cc(OC)cc(OCC(O)C[NH+]2CCCCC2)c1.O=C([O-])C(=O)O. The Balaban J connectivity index is 0.000000527. The Morgan fingerprint density at radius 1 is 1.07 bits per heavy atom. The third-order valence-corrected chi connectivity index (χ3v) is 4.03. The molecule has 0 radical (unpaired) electrons. The van der Waals surface area contributed by atoms with Gasteiger partial charge in [-0.05, 0) is 19.3 Å². The molecule has 0 aliphatic carbocycles. The zero-order valence-electron chi connectivity index (χ0n) is 15.6. The summed E-state index contributed by atoms with van der Waals surface area (Å²) in [6, 6.07) is 5.38. The van der Waals surface area contributed by atoms with Gasteiger partial charge in [-0.15, -0.1) is 0 Å². The molecule has 1 fully saturated rings. The van der Waals surface area contributed by atoms with Gasteiger partial charge in [0.1, 0.15) is 36.5 Å². The highest BCUT2D eigenvalue weighted by Crippen LogP contribution is 2.27. The van der Waals surface area contributed by atoms with E-state index in [1.165, 1.54) is 24.2 Å². The Bertz CT molecular complexity index is 567. The van der Waals surface area contributed by atoms with Crippen LogP contribution >= 0.6 is 0 Å². The molecule has 1 saturated heterocycles. The fourth-order valence-corrected chi connectivity index (χ4v) is 2.71. The third kappa shape index (κ3) is 9.11. The first kappa shape index (κ1) is 22.5. The van der Waals surface area contributed by atoms with E-state index in [0.29, 0.717) is 23.9 Å². The Labute approximate surface area is 158 Å². The number of hydrogen-bond acceptors (Lipinski definition) is 7. The number of aliphatic hydroxyl groups is 1. The smallest absolute Gasteiger partial charge is 0.351 e. The van der Waals surface area contributed by atoms with E-state index in [4.69, 9.17) is 34.0 Å². The van der Waals surface area contributed by atoms with Gasteiger partial charge in [0.15, 0.2) is 5.97 Å². The second-order valence-electron chi connectivity index (χ2n) is 6.12. The maximum atomic E-state index is 10.1. The van der Waals surface area contributed by atoms with Gasteiger partial charge < -0.3 is 39.2 Å². The number of ether oxygens (including phenoxy) is 3. The monoisotopic (exact) mass is 385 g/mol. The van der Waals surface area contributed by atoms with Crippen molar-refractivity contribution in [2.75, 3.05) is 40.5 Å². The first-order chi connectivity index (χ1) is 12.8. The molecule has 3 N–H and O–H groups in total. The summed E-state index contributed by atoms with van der Waals surface area (Å²) in [6.07, 6.45) is 3.39. The van der Waals surface area contributed by atoms with Crippen molar-refractivity contribution in [2.45, 2.75) is 25.4 Å². The number of hydrogen-bond donors (Lipinski definition) is 3. The van der Waals surface area contributed by atoms with Crippen molar-refractivity contribution in [3.63, 3.8) is 0 Å². The number of carbonyl (C=O) groups excluding carboxylic acids is 1. The van der Waals surface area contributed by atoms with E-state index >= 15 is 0 Å². The largest absolute Gasteiger partial charge is 0.539 e. The van der Waals surface area contributed by atoms with Crippen molar-refractivity contribution in [1.82, 2.24) is 0 Å². The summed E-state index contributed by atoms with van der Waals surface area (Å²) in [5, 5.41) is 26.4. The minimum absolute atomic E-state index is 0.291.